The largest absolute Gasteiger partial charge is 0.389 e. The van der Waals surface area contributed by atoms with Crippen LogP contribution in [0.4, 0.5) is 0 Å². The van der Waals surface area contributed by atoms with Gasteiger partial charge in [0.05, 0.1) is 5.60 Å². The molecule has 1 rings (SSSR count). The first kappa shape index (κ1) is 15.2. The van der Waals surface area contributed by atoms with E-state index in [0.717, 1.165) is 19.4 Å². The Hall–Kier alpha value is -0.860. The Bertz CT molecular complexity index is 335. The van der Waals surface area contributed by atoms with Gasteiger partial charge in [0.25, 0.3) is 0 Å². The third kappa shape index (κ3) is 6.77. The molecule has 0 aliphatic heterocycles. The van der Waals surface area contributed by atoms with Gasteiger partial charge in [-0.1, -0.05) is 38.1 Å². The van der Waals surface area contributed by atoms with Gasteiger partial charge in [-0.15, -0.1) is 0 Å². The molecule has 0 aliphatic rings. The zero-order chi connectivity index (χ0) is 13.6. The highest BCUT2D eigenvalue weighted by molar-refractivity contribution is 5.23. The third-order valence-corrected chi connectivity index (χ3v) is 2.81. The molecule has 1 aromatic rings. The van der Waals surface area contributed by atoms with E-state index in [0.29, 0.717) is 12.5 Å². The summed E-state index contributed by atoms with van der Waals surface area (Å²) in [7, 11) is 0. The summed E-state index contributed by atoms with van der Waals surface area (Å²) >= 11 is 0. The van der Waals surface area contributed by atoms with Crippen LogP contribution in [0, 0.1) is 5.92 Å². The molecule has 0 bridgehead atoms. The standard InChI is InChI=1S/C16H27NO/c1-13(2)11-15-7-5-14(6-8-15)9-10-17-12-16(3,4)18/h5-8,13,17-18H,9-12H2,1-4H3. The summed E-state index contributed by atoms with van der Waals surface area (Å²) in [6.07, 6.45) is 2.16. The van der Waals surface area contributed by atoms with Crippen molar-refractivity contribution in [1.82, 2.24) is 5.32 Å². The molecule has 0 amide bonds. The van der Waals surface area contributed by atoms with E-state index in [1.807, 2.05) is 13.8 Å². The zero-order valence-corrected chi connectivity index (χ0v) is 12.2. The fourth-order valence-electron chi connectivity index (χ4n) is 1.94. The Balaban J connectivity index is 2.31. The molecule has 0 unspecified atom stereocenters. The molecule has 0 atom stereocenters. The van der Waals surface area contributed by atoms with Crippen LogP contribution in [-0.2, 0) is 12.8 Å². The number of aliphatic hydroxyl groups is 1. The van der Waals surface area contributed by atoms with Gasteiger partial charge in [0.15, 0.2) is 0 Å². The maximum absolute atomic E-state index is 9.57. The van der Waals surface area contributed by atoms with Crippen molar-refractivity contribution in [2.24, 2.45) is 5.92 Å². The van der Waals surface area contributed by atoms with Crippen LogP contribution in [0.1, 0.15) is 38.8 Å². The second-order valence-electron chi connectivity index (χ2n) is 6.15. The number of rotatable bonds is 7. The molecular formula is C16H27NO. The summed E-state index contributed by atoms with van der Waals surface area (Å²) in [4.78, 5) is 0. The van der Waals surface area contributed by atoms with Crippen molar-refractivity contribution in [3.63, 3.8) is 0 Å². The molecule has 0 fully saturated rings. The van der Waals surface area contributed by atoms with Crippen molar-refractivity contribution in [2.75, 3.05) is 13.1 Å². The molecule has 0 aliphatic carbocycles. The van der Waals surface area contributed by atoms with Crippen molar-refractivity contribution < 1.29 is 5.11 Å². The Morgan fingerprint density at radius 2 is 1.67 bits per heavy atom. The van der Waals surface area contributed by atoms with Crippen LogP contribution in [0.2, 0.25) is 0 Å². The molecule has 0 saturated heterocycles. The lowest BCUT2D eigenvalue weighted by Gasteiger charge is -2.17. The maximum Gasteiger partial charge on any atom is 0.0715 e. The smallest absolute Gasteiger partial charge is 0.0715 e. The second kappa shape index (κ2) is 6.91. The summed E-state index contributed by atoms with van der Waals surface area (Å²) < 4.78 is 0. The van der Waals surface area contributed by atoms with Crippen LogP contribution in [-0.4, -0.2) is 23.8 Å². The maximum atomic E-state index is 9.57. The average molecular weight is 249 g/mol. The molecule has 1 aromatic carbocycles. The van der Waals surface area contributed by atoms with Crippen LogP contribution in [0.3, 0.4) is 0 Å². The predicted octanol–water partition coefficient (Wildman–Crippen LogP) is 2.79. The third-order valence-electron chi connectivity index (χ3n) is 2.81. The predicted molar refractivity (Wildman–Crippen MR) is 77.9 cm³/mol. The van der Waals surface area contributed by atoms with Crippen molar-refractivity contribution in [1.29, 1.82) is 0 Å². The van der Waals surface area contributed by atoms with Gasteiger partial charge < -0.3 is 10.4 Å². The van der Waals surface area contributed by atoms with E-state index < -0.39 is 5.60 Å². The van der Waals surface area contributed by atoms with E-state index in [4.69, 9.17) is 0 Å². The summed E-state index contributed by atoms with van der Waals surface area (Å²) in [6, 6.07) is 8.88. The highest BCUT2D eigenvalue weighted by Gasteiger charge is 2.10. The summed E-state index contributed by atoms with van der Waals surface area (Å²) in [6.45, 7) is 9.68. The number of hydrogen-bond acceptors (Lipinski definition) is 2. The summed E-state index contributed by atoms with van der Waals surface area (Å²) in [5.74, 6) is 0.712. The summed E-state index contributed by atoms with van der Waals surface area (Å²) in [5.41, 5.74) is 2.14. The van der Waals surface area contributed by atoms with Crippen molar-refractivity contribution in [2.45, 2.75) is 46.1 Å². The fourth-order valence-corrected chi connectivity index (χ4v) is 1.94. The molecule has 2 N–H and O–H groups in total. The Kier molecular flexibility index (Phi) is 5.83. The molecule has 0 radical (unpaired) electrons. The quantitative estimate of drug-likeness (QED) is 0.728. The van der Waals surface area contributed by atoms with Gasteiger partial charge in [0.1, 0.15) is 0 Å². The minimum Gasteiger partial charge on any atom is -0.389 e. The first-order valence-electron chi connectivity index (χ1n) is 6.88. The van der Waals surface area contributed by atoms with Crippen molar-refractivity contribution in [3.8, 4) is 0 Å². The van der Waals surface area contributed by atoms with E-state index >= 15 is 0 Å². The number of hydrogen-bond donors (Lipinski definition) is 2. The fraction of sp³-hybridized carbons (Fsp3) is 0.625. The van der Waals surface area contributed by atoms with E-state index in [1.165, 1.54) is 11.1 Å². The minimum atomic E-state index is -0.624. The van der Waals surface area contributed by atoms with E-state index in [-0.39, 0.29) is 0 Å². The van der Waals surface area contributed by atoms with Crippen molar-refractivity contribution >= 4 is 0 Å². The minimum absolute atomic E-state index is 0.624. The SMILES string of the molecule is CC(C)Cc1ccc(CCNCC(C)(C)O)cc1. The molecule has 0 saturated carbocycles. The molecule has 0 aromatic heterocycles. The lowest BCUT2D eigenvalue weighted by atomic mass is 10.0. The van der Waals surface area contributed by atoms with Gasteiger partial charge in [-0.3, -0.25) is 0 Å². The van der Waals surface area contributed by atoms with Gasteiger partial charge in [0, 0.05) is 6.54 Å². The first-order chi connectivity index (χ1) is 8.37. The molecule has 2 heteroatoms. The Labute approximate surface area is 111 Å². The first-order valence-corrected chi connectivity index (χ1v) is 6.88. The van der Waals surface area contributed by atoms with Gasteiger partial charge in [-0.25, -0.2) is 0 Å². The van der Waals surface area contributed by atoms with Crippen LogP contribution in [0.25, 0.3) is 0 Å². The molecule has 0 heterocycles. The lowest BCUT2D eigenvalue weighted by Crippen LogP contribution is -2.35. The van der Waals surface area contributed by atoms with E-state index in [1.54, 1.807) is 0 Å². The van der Waals surface area contributed by atoms with Crippen LogP contribution in [0.15, 0.2) is 24.3 Å². The van der Waals surface area contributed by atoms with Crippen LogP contribution in [0.5, 0.6) is 0 Å². The zero-order valence-electron chi connectivity index (χ0n) is 12.2. The second-order valence-corrected chi connectivity index (χ2v) is 6.15. The molecule has 0 spiro atoms. The Morgan fingerprint density at radius 3 is 2.17 bits per heavy atom. The van der Waals surface area contributed by atoms with Gasteiger partial charge in [0.2, 0.25) is 0 Å². The van der Waals surface area contributed by atoms with Gasteiger partial charge >= 0.3 is 0 Å². The monoisotopic (exact) mass is 249 g/mol. The van der Waals surface area contributed by atoms with E-state index in [2.05, 4.69) is 43.4 Å². The molecular weight excluding hydrogens is 222 g/mol. The normalized spacial score (nSPS) is 12.1. The molecule has 2 nitrogen and oxygen atoms in total. The summed E-state index contributed by atoms with van der Waals surface area (Å²) in [5, 5.41) is 12.8. The molecule has 18 heavy (non-hydrogen) atoms. The topological polar surface area (TPSA) is 32.3 Å². The van der Waals surface area contributed by atoms with Crippen LogP contribution >= 0.6 is 0 Å². The number of nitrogens with one attached hydrogen (secondary N) is 1. The van der Waals surface area contributed by atoms with Crippen LogP contribution < -0.4 is 5.32 Å². The average Bonchev–Trinajstić information content (AvgIpc) is 2.24. The Morgan fingerprint density at radius 1 is 1.11 bits per heavy atom. The van der Waals surface area contributed by atoms with Crippen molar-refractivity contribution in [3.05, 3.63) is 35.4 Å². The lowest BCUT2D eigenvalue weighted by molar-refractivity contribution is 0.0801. The highest BCUT2D eigenvalue weighted by Crippen LogP contribution is 2.10. The van der Waals surface area contributed by atoms with Gasteiger partial charge in [-0.2, -0.15) is 0 Å². The highest BCUT2D eigenvalue weighted by atomic mass is 16.3. The molecule has 102 valence electrons. The van der Waals surface area contributed by atoms with Gasteiger partial charge in [-0.05, 0) is 50.3 Å². The van der Waals surface area contributed by atoms with E-state index in [9.17, 15) is 5.11 Å². The number of benzene rings is 1.